The summed E-state index contributed by atoms with van der Waals surface area (Å²) in [5.74, 6) is 0.802. The van der Waals surface area contributed by atoms with E-state index in [1.807, 2.05) is 36.9 Å². The molecule has 0 radical (unpaired) electrons. The van der Waals surface area contributed by atoms with Crippen molar-refractivity contribution in [1.82, 2.24) is 9.78 Å². The van der Waals surface area contributed by atoms with Gasteiger partial charge in [-0.05, 0) is 41.1 Å². The summed E-state index contributed by atoms with van der Waals surface area (Å²) in [5.41, 5.74) is 8.66. The zero-order valence-electron chi connectivity index (χ0n) is 10.8. The summed E-state index contributed by atoms with van der Waals surface area (Å²) < 4.78 is 9.66. The Labute approximate surface area is 129 Å². The Hall–Kier alpha value is -0.850. The molecule has 6 heteroatoms. The van der Waals surface area contributed by atoms with Crippen molar-refractivity contribution in [2.24, 2.45) is 12.8 Å². The number of ether oxygens (including phenoxy) is 1. The van der Waals surface area contributed by atoms with Crippen LogP contribution in [-0.4, -0.2) is 9.78 Å². The number of hydrogen-bond donors (Lipinski definition) is 1. The summed E-state index contributed by atoms with van der Waals surface area (Å²) in [7, 11) is 1.90. The van der Waals surface area contributed by atoms with Gasteiger partial charge < -0.3 is 10.5 Å². The molecule has 0 aliphatic rings. The van der Waals surface area contributed by atoms with Crippen molar-refractivity contribution >= 4 is 31.9 Å². The lowest BCUT2D eigenvalue weighted by Gasteiger charge is -2.11. The van der Waals surface area contributed by atoms with E-state index in [1.165, 1.54) is 0 Å². The first-order chi connectivity index (χ1) is 9.02. The molecule has 0 spiro atoms. The van der Waals surface area contributed by atoms with Gasteiger partial charge in [0.25, 0.3) is 0 Å². The molecule has 1 heterocycles. The van der Waals surface area contributed by atoms with Gasteiger partial charge in [0, 0.05) is 23.6 Å². The second kappa shape index (κ2) is 6.07. The predicted octanol–water partition coefficient (Wildman–Crippen LogP) is 3.29. The van der Waals surface area contributed by atoms with Crippen LogP contribution in [0.2, 0.25) is 0 Å². The maximum Gasteiger partial charge on any atom is 0.131 e. The van der Waals surface area contributed by atoms with Crippen LogP contribution in [0, 0.1) is 6.92 Å². The van der Waals surface area contributed by atoms with Crippen molar-refractivity contribution in [2.75, 3.05) is 0 Å². The summed E-state index contributed by atoms with van der Waals surface area (Å²) in [5, 5.41) is 4.34. The highest BCUT2D eigenvalue weighted by atomic mass is 79.9. The minimum absolute atomic E-state index is 0.445. The first kappa shape index (κ1) is 14.6. The zero-order chi connectivity index (χ0) is 14.0. The van der Waals surface area contributed by atoms with E-state index in [-0.39, 0.29) is 0 Å². The lowest BCUT2D eigenvalue weighted by atomic mass is 10.2. The SMILES string of the molecule is Cc1nn(C)c(COc2ccc(Br)cc2CN)c1Br. The average Bonchev–Trinajstić information content (AvgIpc) is 2.62. The lowest BCUT2D eigenvalue weighted by Crippen LogP contribution is -2.06. The molecule has 0 aliphatic carbocycles. The number of rotatable bonds is 4. The summed E-state index contributed by atoms with van der Waals surface area (Å²) >= 11 is 6.95. The minimum atomic E-state index is 0.445. The molecule has 0 aliphatic heterocycles. The van der Waals surface area contributed by atoms with Crippen LogP contribution in [0.25, 0.3) is 0 Å². The molecule has 2 aromatic rings. The van der Waals surface area contributed by atoms with Gasteiger partial charge in [-0.2, -0.15) is 5.10 Å². The fourth-order valence-corrected chi connectivity index (χ4v) is 2.69. The van der Waals surface area contributed by atoms with Gasteiger partial charge in [-0.3, -0.25) is 4.68 Å². The monoisotopic (exact) mass is 387 g/mol. The number of aromatic nitrogens is 2. The maximum atomic E-state index is 5.85. The third-order valence-corrected chi connectivity index (χ3v) is 4.39. The smallest absolute Gasteiger partial charge is 0.131 e. The number of aryl methyl sites for hydroxylation is 2. The fourth-order valence-electron chi connectivity index (χ4n) is 1.83. The molecule has 0 fully saturated rings. The van der Waals surface area contributed by atoms with Crippen LogP contribution in [0.5, 0.6) is 5.75 Å². The Morgan fingerprint density at radius 3 is 2.68 bits per heavy atom. The minimum Gasteiger partial charge on any atom is -0.487 e. The topological polar surface area (TPSA) is 53.1 Å². The molecule has 19 heavy (non-hydrogen) atoms. The third-order valence-electron chi connectivity index (χ3n) is 2.87. The molecule has 0 bridgehead atoms. The van der Waals surface area contributed by atoms with E-state index in [9.17, 15) is 0 Å². The van der Waals surface area contributed by atoms with Gasteiger partial charge in [0.1, 0.15) is 12.4 Å². The maximum absolute atomic E-state index is 5.85. The van der Waals surface area contributed by atoms with E-state index in [0.29, 0.717) is 13.2 Å². The molecule has 0 amide bonds. The fraction of sp³-hybridized carbons (Fsp3) is 0.308. The summed E-state index contributed by atoms with van der Waals surface area (Å²) in [6.45, 7) is 2.85. The molecular weight excluding hydrogens is 374 g/mol. The summed E-state index contributed by atoms with van der Waals surface area (Å²) in [6.07, 6.45) is 0. The van der Waals surface area contributed by atoms with Gasteiger partial charge in [0.05, 0.1) is 15.9 Å². The van der Waals surface area contributed by atoms with Crippen LogP contribution in [-0.2, 0) is 20.2 Å². The highest BCUT2D eigenvalue weighted by Crippen LogP contribution is 2.26. The van der Waals surface area contributed by atoms with E-state index in [4.69, 9.17) is 10.5 Å². The highest BCUT2D eigenvalue weighted by Gasteiger charge is 2.12. The van der Waals surface area contributed by atoms with E-state index in [1.54, 1.807) is 0 Å². The van der Waals surface area contributed by atoms with Crippen LogP contribution in [0.1, 0.15) is 17.0 Å². The first-order valence-corrected chi connectivity index (χ1v) is 7.40. The lowest BCUT2D eigenvalue weighted by molar-refractivity contribution is 0.291. The molecule has 0 saturated heterocycles. The number of nitrogens with zero attached hydrogens (tertiary/aromatic N) is 2. The second-order valence-electron chi connectivity index (χ2n) is 4.21. The van der Waals surface area contributed by atoms with Gasteiger partial charge in [0.15, 0.2) is 0 Å². The van der Waals surface area contributed by atoms with E-state index < -0.39 is 0 Å². The van der Waals surface area contributed by atoms with Gasteiger partial charge >= 0.3 is 0 Å². The molecule has 1 aromatic carbocycles. The first-order valence-electron chi connectivity index (χ1n) is 5.82. The molecule has 2 rings (SSSR count). The second-order valence-corrected chi connectivity index (χ2v) is 5.92. The Morgan fingerprint density at radius 1 is 1.37 bits per heavy atom. The normalized spacial score (nSPS) is 10.8. The molecule has 2 N–H and O–H groups in total. The molecule has 0 atom stereocenters. The molecule has 102 valence electrons. The van der Waals surface area contributed by atoms with Crippen LogP contribution in [0.15, 0.2) is 27.1 Å². The van der Waals surface area contributed by atoms with Crippen LogP contribution < -0.4 is 10.5 Å². The van der Waals surface area contributed by atoms with Crippen LogP contribution in [0.3, 0.4) is 0 Å². The number of benzene rings is 1. The van der Waals surface area contributed by atoms with Gasteiger partial charge in [0.2, 0.25) is 0 Å². The quantitative estimate of drug-likeness (QED) is 0.874. The Balaban J connectivity index is 2.19. The molecule has 4 nitrogen and oxygen atoms in total. The summed E-state index contributed by atoms with van der Waals surface area (Å²) in [6, 6.07) is 5.83. The number of halogens is 2. The van der Waals surface area contributed by atoms with Crippen molar-refractivity contribution in [3.8, 4) is 5.75 Å². The van der Waals surface area contributed by atoms with Crippen molar-refractivity contribution in [3.63, 3.8) is 0 Å². The summed E-state index contributed by atoms with van der Waals surface area (Å²) in [4.78, 5) is 0. The van der Waals surface area contributed by atoms with Gasteiger partial charge in [-0.25, -0.2) is 0 Å². The highest BCUT2D eigenvalue weighted by molar-refractivity contribution is 9.10. The molecule has 0 saturated carbocycles. The van der Waals surface area contributed by atoms with Gasteiger partial charge in [-0.1, -0.05) is 15.9 Å². The number of nitrogens with two attached hydrogens (primary N) is 1. The third kappa shape index (κ3) is 3.19. The standard InChI is InChI=1S/C13H15Br2N3O/c1-8-13(15)11(18(2)17-8)7-19-12-4-3-10(14)5-9(12)6-16/h3-5H,6-7,16H2,1-2H3. The van der Waals surface area contributed by atoms with E-state index in [0.717, 1.165) is 31.6 Å². The zero-order valence-corrected chi connectivity index (χ0v) is 14.0. The number of hydrogen-bond acceptors (Lipinski definition) is 3. The molecule has 0 unspecified atom stereocenters. The van der Waals surface area contributed by atoms with Crippen molar-refractivity contribution in [1.29, 1.82) is 0 Å². The predicted molar refractivity (Wildman–Crippen MR) is 82.0 cm³/mol. The van der Waals surface area contributed by atoms with E-state index >= 15 is 0 Å². The van der Waals surface area contributed by atoms with Crippen LogP contribution >= 0.6 is 31.9 Å². The molecule has 1 aromatic heterocycles. The Kier molecular flexibility index (Phi) is 4.65. The van der Waals surface area contributed by atoms with Crippen molar-refractivity contribution in [2.45, 2.75) is 20.1 Å². The average molecular weight is 389 g/mol. The Bertz CT molecular complexity index is 596. The largest absolute Gasteiger partial charge is 0.487 e. The Morgan fingerprint density at radius 2 is 2.11 bits per heavy atom. The molecular formula is C13H15Br2N3O. The van der Waals surface area contributed by atoms with Crippen molar-refractivity contribution in [3.05, 3.63) is 44.1 Å². The van der Waals surface area contributed by atoms with Crippen LogP contribution in [0.4, 0.5) is 0 Å². The van der Waals surface area contributed by atoms with Gasteiger partial charge in [-0.15, -0.1) is 0 Å². The van der Waals surface area contributed by atoms with Crippen molar-refractivity contribution < 1.29 is 4.74 Å². The van der Waals surface area contributed by atoms with E-state index in [2.05, 4.69) is 37.0 Å².